The molecule has 2 rings (SSSR count). The summed E-state index contributed by atoms with van der Waals surface area (Å²) in [6.45, 7) is 0.609. The summed E-state index contributed by atoms with van der Waals surface area (Å²) in [4.78, 5) is 12.6. The van der Waals surface area contributed by atoms with Crippen molar-refractivity contribution in [3.63, 3.8) is 0 Å². The van der Waals surface area contributed by atoms with E-state index >= 15 is 0 Å². The second-order valence-corrected chi connectivity index (χ2v) is 5.38. The lowest BCUT2D eigenvalue weighted by Crippen LogP contribution is -2.19. The highest BCUT2D eigenvalue weighted by atomic mass is 35.5. The zero-order valence-corrected chi connectivity index (χ0v) is 13.1. The zero-order valence-electron chi connectivity index (χ0n) is 12.3. The highest BCUT2D eigenvalue weighted by Crippen LogP contribution is 2.34. The van der Waals surface area contributed by atoms with Crippen LogP contribution in [0.4, 0.5) is 5.69 Å². The first-order valence-electron chi connectivity index (χ1n) is 7.01. The molecular formula is C17H18ClNO3. The number of carbonyl (C=O) groups is 1. The van der Waals surface area contributed by atoms with E-state index in [-0.39, 0.29) is 6.42 Å². The highest BCUT2D eigenvalue weighted by Gasteiger charge is 2.11. The summed E-state index contributed by atoms with van der Waals surface area (Å²) >= 11 is 6.07. The predicted molar refractivity (Wildman–Crippen MR) is 88.1 cm³/mol. The average molecular weight is 320 g/mol. The molecule has 22 heavy (non-hydrogen) atoms. The number of carboxylic acids is 1. The van der Waals surface area contributed by atoms with Crippen molar-refractivity contribution in [2.45, 2.75) is 12.8 Å². The number of halogens is 1. The predicted octanol–water partition coefficient (Wildman–Crippen LogP) is 4.43. The van der Waals surface area contributed by atoms with Crippen molar-refractivity contribution in [2.24, 2.45) is 0 Å². The van der Waals surface area contributed by atoms with Gasteiger partial charge in [0.15, 0.2) is 5.75 Å². The Morgan fingerprint density at radius 1 is 1.23 bits per heavy atom. The van der Waals surface area contributed by atoms with E-state index in [1.54, 1.807) is 6.07 Å². The van der Waals surface area contributed by atoms with Gasteiger partial charge in [-0.3, -0.25) is 4.79 Å². The third-order valence-electron chi connectivity index (χ3n) is 3.19. The topological polar surface area (TPSA) is 49.8 Å². The molecule has 0 saturated carbocycles. The molecule has 0 bridgehead atoms. The van der Waals surface area contributed by atoms with E-state index in [4.69, 9.17) is 21.4 Å². The molecule has 1 N–H and O–H groups in total. The number of hydrogen-bond acceptors (Lipinski definition) is 3. The monoisotopic (exact) mass is 319 g/mol. The van der Waals surface area contributed by atoms with Gasteiger partial charge in [0.25, 0.3) is 0 Å². The second-order valence-electron chi connectivity index (χ2n) is 4.95. The van der Waals surface area contributed by atoms with Gasteiger partial charge in [0.2, 0.25) is 0 Å². The minimum Gasteiger partial charge on any atom is -0.481 e. The Morgan fingerprint density at radius 3 is 2.64 bits per heavy atom. The van der Waals surface area contributed by atoms with Crippen LogP contribution in [0.5, 0.6) is 11.5 Å². The van der Waals surface area contributed by atoms with E-state index in [0.29, 0.717) is 23.7 Å². The number of rotatable bonds is 7. The molecule has 0 heterocycles. The van der Waals surface area contributed by atoms with Crippen LogP contribution in [0.2, 0.25) is 5.02 Å². The molecule has 0 spiro atoms. The number of carboxylic acid groups (broad SMARTS) is 1. The Morgan fingerprint density at radius 2 is 1.95 bits per heavy atom. The van der Waals surface area contributed by atoms with E-state index in [1.807, 2.05) is 54.4 Å². The fourth-order valence-electron chi connectivity index (χ4n) is 2.08. The van der Waals surface area contributed by atoms with Crippen molar-refractivity contribution in [1.82, 2.24) is 0 Å². The Labute approximate surface area is 134 Å². The average Bonchev–Trinajstić information content (AvgIpc) is 2.49. The minimum atomic E-state index is -0.791. The maximum Gasteiger partial charge on any atom is 0.303 e. The molecule has 0 aromatic heterocycles. The van der Waals surface area contributed by atoms with Crippen LogP contribution in [-0.4, -0.2) is 24.7 Å². The number of para-hydroxylation sites is 1. The van der Waals surface area contributed by atoms with Crippen LogP contribution in [0, 0.1) is 0 Å². The first-order valence-corrected chi connectivity index (χ1v) is 7.39. The lowest BCUT2D eigenvalue weighted by atomic mass is 10.2. The van der Waals surface area contributed by atoms with Crippen LogP contribution >= 0.6 is 11.6 Å². The quantitative estimate of drug-likeness (QED) is 0.820. The maximum atomic E-state index is 10.6. The van der Waals surface area contributed by atoms with E-state index in [1.165, 1.54) is 0 Å². The summed E-state index contributed by atoms with van der Waals surface area (Å²) in [5, 5.41) is 9.34. The maximum absolute atomic E-state index is 10.6. The molecule has 0 aliphatic heterocycles. The number of benzene rings is 2. The van der Waals surface area contributed by atoms with E-state index in [9.17, 15) is 4.79 Å². The van der Waals surface area contributed by atoms with Gasteiger partial charge in [-0.1, -0.05) is 29.8 Å². The molecule has 0 unspecified atom stereocenters. The molecule has 5 heteroatoms. The van der Waals surface area contributed by atoms with Crippen LogP contribution in [0.25, 0.3) is 0 Å². The highest BCUT2D eigenvalue weighted by molar-refractivity contribution is 6.30. The van der Waals surface area contributed by atoms with E-state index in [2.05, 4.69) is 0 Å². The van der Waals surface area contributed by atoms with Crippen LogP contribution in [-0.2, 0) is 4.79 Å². The molecule has 0 atom stereocenters. The van der Waals surface area contributed by atoms with E-state index < -0.39 is 5.97 Å². The van der Waals surface area contributed by atoms with Crippen molar-refractivity contribution < 1.29 is 14.6 Å². The third-order valence-corrected chi connectivity index (χ3v) is 3.42. The minimum absolute atomic E-state index is 0.139. The van der Waals surface area contributed by atoms with Crippen molar-refractivity contribution >= 4 is 23.3 Å². The molecule has 2 aromatic carbocycles. The van der Waals surface area contributed by atoms with Gasteiger partial charge in [-0.2, -0.15) is 0 Å². The van der Waals surface area contributed by atoms with Gasteiger partial charge < -0.3 is 14.7 Å². The summed E-state index contributed by atoms with van der Waals surface area (Å²) in [6.07, 6.45) is 0.697. The fourth-order valence-corrected chi connectivity index (χ4v) is 2.24. The molecule has 0 amide bonds. The molecule has 0 fully saturated rings. The molecule has 116 valence electrons. The van der Waals surface area contributed by atoms with Gasteiger partial charge in [0.05, 0.1) is 5.69 Å². The lowest BCUT2D eigenvalue weighted by molar-refractivity contribution is -0.137. The van der Waals surface area contributed by atoms with Gasteiger partial charge >= 0.3 is 5.97 Å². The number of ether oxygens (including phenoxy) is 1. The zero-order chi connectivity index (χ0) is 15.9. The van der Waals surface area contributed by atoms with Gasteiger partial charge in [-0.05, 0) is 36.8 Å². The fraction of sp³-hybridized carbons (Fsp3) is 0.235. The largest absolute Gasteiger partial charge is 0.481 e. The van der Waals surface area contributed by atoms with Gasteiger partial charge in [0, 0.05) is 25.0 Å². The lowest BCUT2D eigenvalue weighted by Gasteiger charge is -2.22. The van der Waals surface area contributed by atoms with Crippen LogP contribution < -0.4 is 9.64 Å². The summed E-state index contributed by atoms with van der Waals surface area (Å²) in [7, 11) is 1.89. The number of hydrogen-bond donors (Lipinski definition) is 1. The van der Waals surface area contributed by atoms with Gasteiger partial charge in [0.1, 0.15) is 5.75 Å². The van der Waals surface area contributed by atoms with Crippen LogP contribution in [0.15, 0.2) is 48.5 Å². The number of anilines is 1. The Bertz CT molecular complexity index is 631. The van der Waals surface area contributed by atoms with Gasteiger partial charge in [-0.15, -0.1) is 0 Å². The molecule has 0 radical (unpaired) electrons. The standard InChI is InChI=1S/C17H18ClNO3/c1-19(11-5-8-17(20)21)15-12-13(18)9-10-16(15)22-14-6-3-2-4-7-14/h2-4,6-7,9-10,12H,5,8,11H2,1H3,(H,20,21). The molecule has 0 aliphatic rings. The number of aliphatic carboxylic acids is 1. The summed E-state index contributed by atoms with van der Waals surface area (Å²) in [5.41, 5.74) is 0.835. The van der Waals surface area contributed by atoms with Gasteiger partial charge in [-0.25, -0.2) is 0 Å². The van der Waals surface area contributed by atoms with Crippen LogP contribution in [0.1, 0.15) is 12.8 Å². The van der Waals surface area contributed by atoms with E-state index in [0.717, 1.165) is 11.4 Å². The van der Waals surface area contributed by atoms with Crippen molar-refractivity contribution in [3.05, 3.63) is 53.6 Å². The summed E-state index contributed by atoms with van der Waals surface area (Å²) in [5.74, 6) is 0.638. The van der Waals surface area contributed by atoms with Crippen LogP contribution in [0.3, 0.4) is 0 Å². The SMILES string of the molecule is CN(CCCC(=O)O)c1cc(Cl)ccc1Oc1ccccc1. The Hall–Kier alpha value is -2.20. The summed E-state index contributed by atoms with van der Waals surface area (Å²) in [6, 6.07) is 14.9. The first-order chi connectivity index (χ1) is 10.6. The normalized spacial score (nSPS) is 10.3. The smallest absolute Gasteiger partial charge is 0.303 e. The molecule has 4 nitrogen and oxygen atoms in total. The molecule has 2 aromatic rings. The molecule has 0 aliphatic carbocycles. The van der Waals surface area contributed by atoms with Crippen molar-refractivity contribution in [2.75, 3.05) is 18.5 Å². The summed E-state index contributed by atoms with van der Waals surface area (Å²) < 4.78 is 5.90. The molecule has 0 saturated heterocycles. The number of nitrogens with zero attached hydrogens (tertiary/aromatic N) is 1. The van der Waals surface area contributed by atoms with Crippen molar-refractivity contribution in [1.29, 1.82) is 0 Å². The second kappa shape index (κ2) is 7.71. The Balaban J connectivity index is 2.14. The first kappa shape index (κ1) is 16.2. The Kier molecular flexibility index (Phi) is 5.67. The third kappa shape index (κ3) is 4.67. The molecular weight excluding hydrogens is 302 g/mol. The van der Waals surface area contributed by atoms with Crippen molar-refractivity contribution in [3.8, 4) is 11.5 Å².